The Labute approximate surface area is 121 Å². The van der Waals surface area contributed by atoms with Crippen molar-refractivity contribution < 1.29 is 9.59 Å². The Morgan fingerprint density at radius 3 is 3.00 bits per heavy atom. The molecule has 3 rings (SSSR count). The van der Waals surface area contributed by atoms with Crippen LogP contribution in [0.25, 0.3) is 0 Å². The van der Waals surface area contributed by atoms with Crippen LogP contribution in [0.5, 0.6) is 0 Å². The van der Waals surface area contributed by atoms with Gasteiger partial charge in [-0.25, -0.2) is 0 Å². The summed E-state index contributed by atoms with van der Waals surface area (Å²) < 4.78 is 0. The van der Waals surface area contributed by atoms with Gasteiger partial charge in [0.25, 0.3) is 0 Å². The first kappa shape index (κ1) is 12.9. The Hall–Kier alpha value is -2.06. The zero-order valence-electron chi connectivity index (χ0n) is 10.6. The Kier molecular flexibility index (Phi) is 2.91. The monoisotopic (exact) mass is 289 g/mol. The third-order valence-corrected chi connectivity index (χ3v) is 4.35. The molecule has 2 aliphatic heterocycles. The number of nitriles is 1. The summed E-state index contributed by atoms with van der Waals surface area (Å²) in [4.78, 5) is 25.7. The van der Waals surface area contributed by atoms with Gasteiger partial charge in [0.05, 0.1) is 12.0 Å². The van der Waals surface area contributed by atoms with Crippen LogP contribution in [0.3, 0.4) is 0 Å². The molecule has 2 aliphatic rings. The first-order valence-corrected chi connectivity index (χ1v) is 6.81. The number of carbonyl (C=O) groups excluding carboxylic acids is 2. The van der Waals surface area contributed by atoms with Crippen LogP contribution >= 0.6 is 11.6 Å². The quantitative estimate of drug-likeness (QED) is 0.787. The second-order valence-electron chi connectivity index (χ2n) is 5.06. The normalized spacial score (nSPS) is 27.3. The van der Waals surface area contributed by atoms with Crippen molar-refractivity contribution in [3.8, 4) is 6.07 Å². The highest BCUT2D eigenvalue weighted by Crippen LogP contribution is 2.47. The van der Waals surface area contributed by atoms with E-state index in [-0.39, 0.29) is 30.8 Å². The maximum absolute atomic E-state index is 12.4. The average Bonchev–Trinajstić information content (AvgIpc) is 2.99. The van der Waals surface area contributed by atoms with Crippen LogP contribution < -0.4 is 5.32 Å². The highest BCUT2D eigenvalue weighted by Gasteiger charge is 2.58. The van der Waals surface area contributed by atoms with Crippen molar-refractivity contribution in [3.63, 3.8) is 0 Å². The molecule has 0 bridgehead atoms. The molecule has 1 aromatic carbocycles. The fourth-order valence-electron chi connectivity index (χ4n) is 3.12. The molecule has 6 heteroatoms. The number of carbonyl (C=O) groups is 2. The summed E-state index contributed by atoms with van der Waals surface area (Å²) in [6.45, 7) is 0.448. The highest BCUT2D eigenvalue weighted by atomic mass is 35.5. The van der Waals surface area contributed by atoms with Crippen LogP contribution in [0.2, 0.25) is 0 Å². The van der Waals surface area contributed by atoms with Crippen LogP contribution in [0.1, 0.15) is 5.56 Å². The van der Waals surface area contributed by atoms with Crippen LogP contribution in [-0.2, 0) is 15.0 Å². The van der Waals surface area contributed by atoms with Crippen LogP contribution in [0.4, 0.5) is 5.69 Å². The summed E-state index contributed by atoms with van der Waals surface area (Å²) >= 11 is 5.58. The van der Waals surface area contributed by atoms with Gasteiger partial charge in [-0.05, 0) is 11.6 Å². The second kappa shape index (κ2) is 4.50. The SMILES string of the molecule is N#CC1CN(C(=O)CCl)CC12C(=O)Nc1ccccc12. The molecule has 1 fully saturated rings. The van der Waals surface area contributed by atoms with Gasteiger partial charge in [-0.3, -0.25) is 9.59 Å². The van der Waals surface area contributed by atoms with Gasteiger partial charge < -0.3 is 10.2 Å². The number of benzene rings is 1. The van der Waals surface area contributed by atoms with Gasteiger partial charge in [0, 0.05) is 18.8 Å². The lowest BCUT2D eigenvalue weighted by atomic mass is 9.74. The molecule has 2 heterocycles. The minimum absolute atomic E-state index is 0.141. The largest absolute Gasteiger partial charge is 0.339 e. The van der Waals surface area contributed by atoms with Gasteiger partial charge in [0.1, 0.15) is 11.3 Å². The van der Waals surface area contributed by atoms with Crippen molar-refractivity contribution in [2.45, 2.75) is 5.41 Å². The Morgan fingerprint density at radius 2 is 2.30 bits per heavy atom. The maximum atomic E-state index is 12.4. The first-order chi connectivity index (χ1) is 9.63. The minimum atomic E-state index is -0.965. The van der Waals surface area contributed by atoms with Gasteiger partial charge in [-0.15, -0.1) is 11.6 Å². The molecule has 2 atom stereocenters. The van der Waals surface area contributed by atoms with Crippen LogP contribution in [0.15, 0.2) is 24.3 Å². The van der Waals surface area contributed by atoms with Crippen LogP contribution in [-0.4, -0.2) is 35.7 Å². The molecule has 0 aliphatic carbocycles. The predicted molar refractivity (Wildman–Crippen MR) is 73.2 cm³/mol. The second-order valence-corrected chi connectivity index (χ2v) is 5.33. The molecule has 0 saturated carbocycles. The Bertz CT molecular complexity index is 640. The lowest BCUT2D eigenvalue weighted by molar-refractivity contribution is -0.128. The molecular formula is C14H12ClN3O2. The smallest absolute Gasteiger partial charge is 0.238 e. The van der Waals surface area contributed by atoms with E-state index in [1.807, 2.05) is 24.3 Å². The lowest BCUT2D eigenvalue weighted by Crippen LogP contribution is -2.42. The third-order valence-electron chi connectivity index (χ3n) is 4.12. The Balaban J connectivity index is 2.09. The van der Waals surface area contributed by atoms with Crippen LogP contribution in [0, 0.1) is 17.2 Å². The van der Waals surface area contributed by atoms with Crippen molar-refractivity contribution >= 4 is 29.1 Å². The van der Waals surface area contributed by atoms with E-state index in [4.69, 9.17) is 11.6 Å². The molecule has 1 N–H and O–H groups in total. The number of hydrogen-bond donors (Lipinski definition) is 1. The summed E-state index contributed by atoms with van der Waals surface area (Å²) in [5.74, 6) is -1.16. The lowest BCUT2D eigenvalue weighted by Gasteiger charge is -2.24. The van der Waals surface area contributed by atoms with Crippen molar-refractivity contribution in [2.75, 3.05) is 24.3 Å². The number of nitrogens with zero attached hydrogens (tertiary/aromatic N) is 2. The zero-order valence-corrected chi connectivity index (χ0v) is 11.4. The summed E-state index contributed by atoms with van der Waals surface area (Å²) in [5.41, 5.74) is 0.548. The van der Waals surface area contributed by atoms with Gasteiger partial charge in [0.2, 0.25) is 11.8 Å². The molecule has 2 unspecified atom stereocenters. The molecule has 5 nitrogen and oxygen atoms in total. The van der Waals surface area contributed by atoms with Gasteiger partial charge >= 0.3 is 0 Å². The number of amides is 2. The molecule has 0 aromatic heterocycles. The highest BCUT2D eigenvalue weighted by molar-refractivity contribution is 6.27. The fourth-order valence-corrected chi connectivity index (χ4v) is 3.29. The number of para-hydroxylation sites is 1. The number of nitrogens with one attached hydrogen (secondary N) is 1. The molecule has 1 spiro atoms. The molecular weight excluding hydrogens is 278 g/mol. The number of hydrogen-bond acceptors (Lipinski definition) is 3. The Morgan fingerprint density at radius 1 is 1.55 bits per heavy atom. The number of fused-ring (bicyclic) bond motifs is 2. The van der Waals surface area contributed by atoms with E-state index in [1.54, 1.807) is 0 Å². The number of anilines is 1. The molecule has 2 amide bonds. The molecule has 0 radical (unpaired) electrons. The summed E-state index contributed by atoms with van der Waals surface area (Å²) in [6, 6.07) is 9.49. The van der Waals surface area contributed by atoms with E-state index < -0.39 is 11.3 Å². The van der Waals surface area contributed by atoms with Crippen molar-refractivity contribution in [2.24, 2.45) is 5.92 Å². The van der Waals surface area contributed by atoms with Crippen molar-refractivity contribution in [1.82, 2.24) is 4.90 Å². The topological polar surface area (TPSA) is 73.2 Å². The fraction of sp³-hybridized carbons (Fsp3) is 0.357. The predicted octanol–water partition coefficient (Wildman–Crippen LogP) is 1.10. The first-order valence-electron chi connectivity index (χ1n) is 6.28. The van der Waals surface area contributed by atoms with E-state index in [2.05, 4.69) is 11.4 Å². The van der Waals surface area contributed by atoms with E-state index in [1.165, 1.54) is 4.90 Å². The number of rotatable bonds is 1. The standard InChI is InChI=1S/C14H12ClN3O2/c15-5-12(19)18-7-9(6-16)14(8-18)10-3-1-2-4-11(10)17-13(14)20/h1-4,9H,5,7-8H2,(H,17,20). The van der Waals surface area contributed by atoms with Gasteiger partial charge in [-0.2, -0.15) is 5.26 Å². The molecule has 20 heavy (non-hydrogen) atoms. The number of halogens is 1. The number of alkyl halides is 1. The molecule has 1 saturated heterocycles. The van der Waals surface area contributed by atoms with Crippen molar-refractivity contribution in [1.29, 1.82) is 5.26 Å². The van der Waals surface area contributed by atoms with Gasteiger partial charge in [0.15, 0.2) is 0 Å². The molecule has 1 aromatic rings. The summed E-state index contributed by atoms with van der Waals surface area (Å²) in [6.07, 6.45) is 0. The third kappa shape index (κ3) is 1.55. The van der Waals surface area contributed by atoms with Gasteiger partial charge in [-0.1, -0.05) is 18.2 Å². The van der Waals surface area contributed by atoms with Crippen molar-refractivity contribution in [3.05, 3.63) is 29.8 Å². The van der Waals surface area contributed by atoms with E-state index in [0.29, 0.717) is 0 Å². The minimum Gasteiger partial charge on any atom is -0.339 e. The van der Waals surface area contributed by atoms with E-state index in [0.717, 1.165) is 11.3 Å². The summed E-state index contributed by atoms with van der Waals surface area (Å²) in [7, 11) is 0. The average molecular weight is 290 g/mol. The summed E-state index contributed by atoms with van der Waals surface area (Å²) in [5, 5.41) is 12.2. The maximum Gasteiger partial charge on any atom is 0.238 e. The molecule has 102 valence electrons. The number of likely N-dealkylation sites (tertiary alicyclic amines) is 1. The van der Waals surface area contributed by atoms with E-state index >= 15 is 0 Å². The van der Waals surface area contributed by atoms with E-state index in [9.17, 15) is 14.9 Å². The zero-order chi connectivity index (χ0) is 14.3.